The van der Waals surface area contributed by atoms with Crippen molar-refractivity contribution in [1.29, 1.82) is 0 Å². The van der Waals surface area contributed by atoms with Crippen molar-refractivity contribution in [3.8, 4) is 0 Å². The molecule has 0 radical (unpaired) electrons. The number of aromatic nitrogens is 11. The molecular weight excluding hydrogens is 1470 g/mol. The summed E-state index contributed by atoms with van der Waals surface area (Å²) in [6, 6.07) is 17.9. The highest BCUT2D eigenvalue weighted by molar-refractivity contribution is 7.17. The standard InChI is InChI=1S/C16H23N.2C15H22N2.C14H21N3.2C14H20N2S.C14H23N/c1-15(2,3)12-10-14(16(4,5)6)17-13-9-7-8-11(12)13;2*1-14(2,3)11-9-12(15(4,5)6)17-13-10(11)7-8-16-13;1-13(2,3)10-9-7-8-15-11(9)17-12(16-10)14(4,5)6;1-13(2,3)9-7-10(14(4,5)6)16-12-11(9)17-8-15-12;1-13(2,3)9-7-10(14(4,5)6)16-12-11(9)15-8-17-12;1-10-8-11(13(2,3)4)9-12(15-10)14(5,6)7/h7,9-10H,8H2,1-6H3;8-9H,7H2,1-6H3;7-9H,1-6H3,(H,16,17);8H,7H2,1-6H3;2*7-8H,1-6H3;8-9H,1-7H3. The minimum absolute atomic E-state index is 0.0346. The molecule has 0 saturated heterocycles. The quantitative estimate of drug-likeness (QED) is 0.154. The third-order valence-corrected chi connectivity index (χ3v) is 22.4. The number of aliphatic imine (C=N–C) groups is 2. The van der Waals surface area contributed by atoms with Gasteiger partial charge >= 0.3 is 0 Å². The second kappa shape index (κ2) is 34.5. The molecule has 12 heterocycles. The van der Waals surface area contributed by atoms with Crippen molar-refractivity contribution in [2.24, 2.45) is 9.98 Å². The molecule has 0 bridgehead atoms. The summed E-state index contributed by atoms with van der Waals surface area (Å²) in [7, 11) is 0. The van der Waals surface area contributed by atoms with Crippen LogP contribution in [0, 0.1) is 6.92 Å². The number of pyridine rings is 6. The summed E-state index contributed by atoms with van der Waals surface area (Å²) in [6.07, 6.45) is 13.1. The Morgan fingerprint density at radius 2 is 0.761 bits per heavy atom. The maximum Gasteiger partial charge on any atom is 0.170 e. The Morgan fingerprint density at radius 3 is 1.25 bits per heavy atom. The molecule has 0 unspecified atom stereocenters. The molecule has 0 atom stereocenters. The van der Waals surface area contributed by atoms with E-state index in [2.05, 4.69) is 398 Å². The van der Waals surface area contributed by atoms with E-state index in [-0.39, 0.29) is 75.8 Å². The molecule has 13 nitrogen and oxygen atoms in total. The van der Waals surface area contributed by atoms with E-state index in [0.717, 1.165) is 92.5 Å². The lowest BCUT2D eigenvalue weighted by molar-refractivity contribution is 0.511. The number of hydrogen-bond acceptors (Lipinski definition) is 14. The van der Waals surface area contributed by atoms with Gasteiger partial charge in [-0.1, -0.05) is 297 Å². The van der Waals surface area contributed by atoms with Crippen molar-refractivity contribution in [3.05, 3.63) is 179 Å². The smallest absolute Gasteiger partial charge is 0.170 e. The molecule has 0 spiro atoms. The van der Waals surface area contributed by atoms with Gasteiger partial charge in [0.05, 0.1) is 27.1 Å². The van der Waals surface area contributed by atoms with E-state index in [1.165, 1.54) is 77.2 Å². The Hall–Kier alpha value is -7.62. The van der Waals surface area contributed by atoms with Crippen LogP contribution in [-0.4, -0.2) is 67.3 Å². The van der Waals surface area contributed by atoms with E-state index in [1.807, 2.05) is 29.6 Å². The predicted molar refractivity (Wildman–Crippen MR) is 509 cm³/mol. The third kappa shape index (κ3) is 25.3. The second-order valence-corrected chi connectivity index (χ2v) is 48.6. The minimum atomic E-state index is -0.0346. The number of rotatable bonds is 0. The average Bonchev–Trinajstić information content (AvgIpc) is 1.05. The molecule has 0 amide bonds. The summed E-state index contributed by atoms with van der Waals surface area (Å²) in [5.41, 5.74) is 30.8. The molecule has 3 aliphatic rings. The molecule has 117 heavy (non-hydrogen) atoms. The van der Waals surface area contributed by atoms with Crippen LogP contribution in [0.5, 0.6) is 0 Å². The topological polar surface area (TPSA) is 169 Å². The molecule has 1 N–H and O–H groups in total. The van der Waals surface area contributed by atoms with Crippen molar-refractivity contribution < 1.29 is 0 Å². The fraction of sp³-hybridized carbons (Fsp3) is 0.588. The van der Waals surface area contributed by atoms with E-state index in [1.54, 1.807) is 22.7 Å². The van der Waals surface area contributed by atoms with Crippen molar-refractivity contribution >= 4 is 84.5 Å². The average molecular weight is 1620 g/mol. The van der Waals surface area contributed by atoms with Crippen LogP contribution in [0.25, 0.3) is 37.8 Å². The highest BCUT2D eigenvalue weighted by Gasteiger charge is 2.34. The molecule has 0 fully saturated rings. The van der Waals surface area contributed by atoms with Gasteiger partial charge in [0, 0.05) is 131 Å². The Bertz CT molecular complexity index is 4720. The van der Waals surface area contributed by atoms with E-state index in [0.29, 0.717) is 0 Å². The maximum atomic E-state index is 4.81. The normalized spacial score (nSPS) is 14.1. The van der Waals surface area contributed by atoms with Crippen LogP contribution in [0.2, 0.25) is 0 Å². The lowest BCUT2D eigenvalue weighted by Crippen LogP contribution is -2.23. The molecule has 0 saturated carbocycles. The van der Waals surface area contributed by atoms with Crippen molar-refractivity contribution in [3.63, 3.8) is 0 Å². The van der Waals surface area contributed by atoms with Crippen LogP contribution in [0.3, 0.4) is 0 Å². The largest absolute Gasteiger partial charge is 0.346 e. The highest BCUT2D eigenvalue weighted by Crippen LogP contribution is 2.42. The van der Waals surface area contributed by atoms with Crippen LogP contribution in [0.4, 0.5) is 11.6 Å². The fourth-order valence-electron chi connectivity index (χ4n) is 13.5. The zero-order chi connectivity index (χ0) is 88.9. The Morgan fingerprint density at radius 1 is 0.333 bits per heavy atom. The van der Waals surface area contributed by atoms with Crippen LogP contribution in [0.1, 0.15) is 398 Å². The van der Waals surface area contributed by atoms with Gasteiger partial charge in [-0.25, -0.2) is 49.9 Å². The molecule has 15 heteroatoms. The van der Waals surface area contributed by atoms with Crippen molar-refractivity contribution in [2.75, 3.05) is 0 Å². The number of aromatic amines is 1. The van der Waals surface area contributed by atoms with E-state index >= 15 is 0 Å². The summed E-state index contributed by atoms with van der Waals surface area (Å²) in [5, 5.41) is 1.24. The Balaban J connectivity index is 0.000000189. The first-order chi connectivity index (χ1) is 52.8. The first kappa shape index (κ1) is 96.5. The van der Waals surface area contributed by atoms with E-state index in [9.17, 15) is 0 Å². The Labute approximate surface area is 716 Å². The number of nitrogens with zero attached hydrogens (tertiary/aromatic N) is 12. The van der Waals surface area contributed by atoms with Crippen LogP contribution >= 0.6 is 22.7 Å². The molecule has 10 aromatic heterocycles. The molecule has 636 valence electrons. The van der Waals surface area contributed by atoms with Gasteiger partial charge < -0.3 is 4.98 Å². The van der Waals surface area contributed by atoms with Crippen LogP contribution in [0.15, 0.2) is 81.8 Å². The number of allylic oxidation sites excluding steroid dienone is 1. The van der Waals surface area contributed by atoms with E-state index < -0.39 is 0 Å². The fourth-order valence-corrected chi connectivity index (χ4v) is 15.1. The molecule has 13 rings (SSSR count). The highest BCUT2D eigenvalue weighted by atomic mass is 32.1. The summed E-state index contributed by atoms with van der Waals surface area (Å²) in [5.74, 6) is 2.69. The molecular formula is C102H151N13S2. The van der Waals surface area contributed by atoms with Crippen molar-refractivity contribution in [2.45, 2.75) is 393 Å². The van der Waals surface area contributed by atoms with Gasteiger partial charge in [0.2, 0.25) is 0 Å². The predicted octanol–water partition coefficient (Wildman–Crippen LogP) is 28.2. The van der Waals surface area contributed by atoms with Gasteiger partial charge in [0.25, 0.3) is 0 Å². The summed E-state index contributed by atoms with van der Waals surface area (Å²) in [4.78, 5) is 59.6. The number of aryl methyl sites for hydroxylation is 1. The Kier molecular flexibility index (Phi) is 28.4. The number of thiazole rings is 2. The maximum absolute atomic E-state index is 4.81. The number of fused-ring (bicyclic) bond motifs is 6. The molecule has 1 aliphatic carbocycles. The minimum Gasteiger partial charge on any atom is -0.346 e. The van der Waals surface area contributed by atoms with Gasteiger partial charge in [-0.05, 0) is 139 Å². The number of nitrogens with one attached hydrogen (secondary N) is 1. The van der Waals surface area contributed by atoms with Gasteiger partial charge in [0.1, 0.15) is 21.8 Å². The zero-order valence-corrected chi connectivity index (χ0v) is 82.6. The van der Waals surface area contributed by atoms with Crippen LogP contribution in [-0.2, 0) is 95.1 Å². The van der Waals surface area contributed by atoms with Gasteiger partial charge in [-0.2, -0.15) is 0 Å². The number of H-pyrrole nitrogens is 1. The first-order valence-corrected chi connectivity index (χ1v) is 44.3. The van der Waals surface area contributed by atoms with Crippen molar-refractivity contribution in [1.82, 2.24) is 54.8 Å². The summed E-state index contributed by atoms with van der Waals surface area (Å²) in [6.45, 7) is 95.3. The SMILES string of the molecule is CC(C)(C)c1cc(C(C)(C)C)c2c(n1)C=CC2.CC(C)(C)c1cc(C(C)(C)C)c2c(n1)N=CC2.CC(C)(C)c1cc(C(C)(C)C)c2cc[nH]c2n1.CC(C)(C)c1cc(C(C)(C)C)c2ncsc2n1.CC(C)(C)c1cc(C(C)(C)C)c2scnc2n1.CC(C)(C)c1nc2c(c(C(C)(C)C)n1)CC=N2.Cc1cc(C(C)(C)C)cc(C(C)(C)C)n1. The molecule has 0 aromatic carbocycles. The first-order valence-electron chi connectivity index (χ1n) is 42.5. The van der Waals surface area contributed by atoms with Gasteiger partial charge in [-0.15, -0.1) is 22.7 Å². The van der Waals surface area contributed by atoms with Gasteiger partial charge in [-0.3, -0.25) is 9.97 Å². The summed E-state index contributed by atoms with van der Waals surface area (Å²) >= 11 is 3.31. The second-order valence-electron chi connectivity index (χ2n) is 46.9. The summed E-state index contributed by atoms with van der Waals surface area (Å²) < 4.78 is 1.23. The molecule has 2 aliphatic heterocycles. The van der Waals surface area contributed by atoms with Gasteiger partial charge in [0.15, 0.2) is 17.3 Å². The third-order valence-electron chi connectivity index (χ3n) is 20.8. The van der Waals surface area contributed by atoms with Crippen LogP contribution < -0.4 is 0 Å². The van der Waals surface area contributed by atoms with E-state index in [4.69, 9.17) is 24.9 Å². The lowest BCUT2D eigenvalue weighted by atomic mass is 9.80. The number of hydrogen-bond donors (Lipinski definition) is 1. The monoisotopic (exact) mass is 1620 g/mol. The molecule has 10 aromatic rings. The zero-order valence-electron chi connectivity index (χ0n) is 81.0. The lowest BCUT2D eigenvalue weighted by Gasteiger charge is -2.27.